The molecule has 0 unspecified atom stereocenters. The summed E-state index contributed by atoms with van der Waals surface area (Å²) in [5, 5.41) is 0.559. The molecule has 0 atom stereocenters. The van der Waals surface area contributed by atoms with E-state index in [1.54, 1.807) is 4.90 Å². The van der Waals surface area contributed by atoms with Crippen LogP contribution in [0.4, 0.5) is 4.79 Å². The van der Waals surface area contributed by atoms with Crippen molar-refractivity contribution in [2.75, 3.05) is 26.2 Å². The molecule has 226 valence electrons. The molecule has 0 saturated carbocycles. The third kappa shape index (κ3) is 7.28. The fraction of sp³-hybridized carbons (Fsp3) is 0.389. The lowest BCUT2D eigenvalue weighted by Crippen LogP contribution is -2.49. The van der Waals surface area contributed by atoms with Crippen molar-refractivity contribution in [1.29, 1.82) is 0 Å². The van der Waals surface area contributed by atoms with Crippen molar-refractivity contribution >= 4 is 17.1 Å². The van der Waals surface area contributed by atoms with E-state index >= 15 is 0 Å². The van der Waals surface area contributed by atoms with Gasteiger partial charge in [0.15, 0.2) is 0 Å². The number of carbonyl (C=O) groups is 1. The highest BCUT2D eigenvalue weighted by molar-refractivity contribution is 5.85. The molecule has 3 aromatic carbocycles. The van der Waals surface area contributed by atoms with Gasteiger partial charge >= 0.3 is 6.09 Å². The second-order valence-electron chi connectivity index (χ2n) is 12.6. The molecule has 1 fully saturated rings. The summed E-state index contributed by atoms with van der Waals surface area (Å²) < 4.78 is 18.0. The third-order valence-corrected chi connectivity index (χ3v) is 7.73. The van der Waals surface area contributed by atoms with Crippen molar-refractivity contribution < 1.29 is 18.7 Å². The number of benzene rings is 3. The molecule has 0 bridgehead atoms. The van der Waals surface area contributed by atoms with Gasteiger partial charge in [0.1, 0.15) is 29.3 Å². The van der Waals surface area contributed by atoms with Crippen molar-refractivity contribution in [1.82, 2.24) is 9.80 Å². The molecule has 0 N–H and O–H groups in total. The van der Waals surface area contributed by atoms with E-state index in [0.717, 1.165) is 47.6 Å². The number of hydrogen-bond acceptors (Lipinski definition) is 6. The zero-order valence-electron chi connectivity index (χ0n) is 26.1. The molecule has 2 heterocycles. The predicted molar refractivity (Wildman–Crippen MR) is 171 cm³/mol. The van der Waals surface area contributed by atoms with E-state index in [0.29, 0.717) is 42.0 Å². The fourth-order valence-electron chi connectivity index (χ4n) is 5.45. The number of nitrogens with zero attached hydrogens (tertiary/aromatic N) is 2. The summed E-state index contributed by atoms with van der Waals surface area (Å²) in [4.78, 5) is 30.3. The minimum atomic E-state index is -0.493. The van der Waals surface area contributed by atoms with E-state index in [4.69, 9.17) is 13.9 Å². The Hall–Kier alpha value is -4.10. The summed E-state index contributed by atoms with van der Waals surface area (Å²) >= 11 is 0. The molecular formula is C36H42N2O5. The third-order valence-electron chi connectivity index (χ3n) is 7.73. The standard InChI is InChI=1S/C36H42N2O5/c1-24(2)29-20-30-32(21-31(29)41-23-27-10-8-7-9-11-27)42-25(3)33(34(30)39)28-14-12-26(13-15-28)22-37-16-18-38(19-17-37)35(40)43-36(4,5)6/h7-15,20-21,24H,16-19,22-23H2,1-6H3. The van der Waals surface area contributed by atoms with Crippen LogP contribution in [-0.2, 0) is 17.9 Å². The quantitative estimate of drug-likeness (QED) is 0.224. The van der Waals surface area contributed by atoms with Crippen LogP contribution in [-0.4, -0.2) is 47.7 Å². The number of fused-ring (bicyclic) bond motifs is 1. The monoisotopic (exact) mass is 582 g/mol. The van der Waals surface area contributed by atoms with Crippen LogP contribution in [0, 0.1) is 6.92 Å². The average Bonchev–Trinajstić information content (AvgIpc) is 2.96. The molecule has 0 spiro atoms. The summed E-state index contributed by atoms with van der Waals surface area (Å²) in [6.07, 6.45) is -0.252. The minimum absolute atomic E-state index is 0.0405. The van der Waals surface area contributed by atoms with E-state index < -0.39 is 5.60 Å². The maximum atomic E-state index is 13.8. The van der Waals surface area contributed by atoms with E-state index in [1.807, 2.05) is 82.3 Å². The molecule has 1 amide bonds. The summed E-state index contributed by atoms with van der Waals surface area (Å²) in [7, 11) is 0. The summed E-state index contributed by atoms with van der Waals surface area (Å²) in [6, 6.07) is 22.0. The Balaban J connectivity index is 1.32. The summed E-state index contributed by atoms with van der Waals surface area (Å²) in [6.45, 7) is 15.8. The van der Waals surface area contributed by atoms with Gasteiger partial charge in [0.2, 0.25) is 5.43 Å². The van der Waals surface area contributed by atoms with E-state index in [9.17, 15) is 9.59 Å². The summed E-state index contributed by atoms with van der Waals surface area (Å²) in [5.74, 6) is 1.48. The Morgan fingerprint density at radius 3 is 2.23 bits per heavy atom. The zero-order chi connectivity index (χ0) is 30.7. The maximum Gasteiger partial charge on any atom is 0.410 e. The lowest BCUT2D eigenvalue weighted by atomic mass is 9.97. The van der Waals surface area contributed by atoms with Crippen LogP contribution in [0.1, 0.15) is 63.0 Å². The fourth-order valence-corrected chi connectivity index (χ4v) is 5.45. The largest absolute Gasteiger partial charge is 0.488 e. The zero-order valence-corrected chi connectivity index (χ0v) is 26.1. The molecule has 1 aliphatic heterocycles. The molecule has 7 heteroatoms. The first kappa shape index (κ1) is 30.4. The molecule has 1 aliphatic rings. The first-order valence-electron chi connectivity index (χ1n) is 15.1. The Kier molecular flexibility index (Phi) is 8.92. The van der Waals surface area contributed by atoms with Crippen LogP contribution >= 0.6 is 0 Å². The van der Waals surface area contributed by atoms with Crippen LogP contribution in [0.25, 0.3) is 22.1 Å². The van der Waals surface area contributed by atoms with Gasteiger partial charge in [0, 0.05) is 38.8 Å². The Labute approximate surface area is 254 Å². The highest BCUT2D eigenvalue weighted by atomic mass is 16.6. The first-order valence-corrected chi connectivity index (χ1v) is 15.1. The molecule has 1 saturated heterocycles. The van der Waals surface area contributed by atoms with Gasteiger partial charge in [-0.2, -0.15) is 0 Å². The van der Waals surface area contributed by atoms with Crippen LogP contribution in [0.5, 0.6) is 5.75 Å². The smallest absolute Gasteiger partial charge is 0.410 e. The number of carbonyl (C=O) groups excluding carboxylic acids is 1. The molecular weight excluding hydrogens is 540 g/mol. The number of aryl methyl sites for hydroxylation is 1. The van der Waals surface area contributed by atoms with E-state index in [1.165, 1.54) is 0 Å². The van der Waals surface area contributed by atoms with Crippen LogP contribution in [0.15, 0.2) is 75.9 Å². The first-order chi connectivity index (χ1) is 20.5. The van der Waals surface area contributed by atoms with Gasteiger partial charge in [-0.05, 0) is 61.9 Å². The topological polar surface area (TPSA) is 72.2 Å². The van der Waals surface area contributed by atoms with Gasteiger partial charge in [-0.25, -0.2) is 4.79 Å². The van der Waals surface area contributed by atoms with Crippen molar-refractivity contribution in [3.63, 3.8) is 0 Å². The van der Waals surface area contributed by atoms with Gasteiger partial charge < -0.3 is 18.8 Å². The van der Waals surface area contributed by atoms with Crippen LogP contribution < -0.4 is 10.2 Å². The van der Waals surface area contributed by atoms with Gasteiger partial charge in [-0.1, -0.05) is 68.4 Å². The number of piperazine rings is 1. The number of ether oxygens (including phenoxy) is 2. The Morgan fingerprint density at radius 1 is 0.930 bits per heavy atom. The lowest BCUT2D eigenvalue weighted by molar-refractivity contribution is 0.0139. The van der Waals surface area contributed by atoms with Gasteiger partial charge in [0.05, 0.1) is 10.9 Å². The Morgan fingerprint density at radius 2 is 1.60 bits per heavy atom. The van der Waals surface area contributed by atoms with Crippen molar-refractivity contribution in [2.24, 2.45) is 0 Å². The predicted octanol–water partition coefficient (Wildman–Crippen LogP) is 7.52. The molecule has 5 rings (SSSR count). The molecule has 1 aromatic heterocycles. The normalized spacial score (nSPS) is 14.3. The van der Waals surface area contributed by atoms with Crippen molar-refractivity contribution in [3.05, 3.63) is 99.4 Å². The maximum absolute atomic E-state index is 13.8. The highest BCUT2D eigenvalue weighted by Gasteiger charge is 2.26. The number of amides is 1. The molecule has 0 aliphatic carbocycles. The van der Waals surface area contributed by atoms with Crippen LogP contribution in [0.3, 0.4) is 0 Å². The van der Waals surface area contributed by atoms with Gasteiger partial charge in [-0.15, -0.1) is 0 Å². The van der Waals surface area contributed by atoms with Gasteiger partial charge in [0.25, 0.3) is 0 Å². The van der Waals surface area contributed by atoms with E-state index in [-0.39, 0.29) is 17.4 Å². The Bertz CT molecular complexity index is 1630. The van der Waals surface area contributed by atoms with Crippen molar-refractivity contribution in [3.8, 4) is 16.9 Å². The SMILES string of the molecule is Cc1oc2cc(OCc3ccccc3)c(C(C)C)cc2c(=O)c1-c1ccc(CN2CCN(C(=O)OC(C)(C)C)CC2)cc1. The molecule has 4 aromatic rings. The lowest BCUT2D eigenvalue weighted by Gasteiger charge is -2.35. The molecule has 43 heavy (non-hydrogen) atoms. The number of hydrogen-bond donors (Lipinski definition) is 0. The molecule has 7 nitrogen and oxygen atoms in total. The summed E-state index contributed by atoms with van der Waals surface area (Å²) in [5.41, 5.74) is 4.62. The molecule has 0 radical (unpaired) electrons. The average molecular weight is 583 g/mol. The van der Waals surface area contributed by atoms with Crippen LogP contribution in [0.2, 0.25) is 0 Å². The highest BCUT2D eigenvalue weighted by Crippen LogP contribution is 2.33. The second kappa shape index (κ2) is 12.6. The van der Waals surface area contributed by atoms with E-state index in [2.05, 4.69) is 30.9 Å². The second-order valence-corrected chi connectivity index (χ2v) is 12.6. The number of rotatable bonds is 7. The van der Waals surface area contributed by atoms with Gasteiger partial charge in [-0.3, -0.25) is 9.69 Å². The van der Waals surface area contributed by atoms with Crippen molar-refractivity contribution in [2.45, 2.75) is 66.2 Å². The minimum Gasteiger partial charge on any atom is -0.488 e.